The zero-order valence-electron chi connectivity index (χ0n) is 10.2. The van der Waals surface area contributed by atoms with Crippen molar-refractivity contribution in [2.45, 2.75) is 12.3 Å². The number of aryl methyl sites for hydroxylation is 1. The highest BCUT2D eigenvalue weighted by Crippen LogP contribution is 2.44. The van der Waals surface area contributed by atoms with Crippen molar-refractivity contribution in [3.8, 4) is 0 Å². The molecule has 1 aromatic heterocycles. The van der Waals surface area contributed by atoms with Gasteiger partial charge in [0, 0.05) is 21.7 Å². The van der Waals surface area contributed by atoms with Crippen LogP contribution in [0.3, 0.4) is 0 Å². The van der Waals surface area contributed by atoms with Gasteiger partial charge in [-0.15, -0.1) is 23.1 Å². The first-order valence-corrected chi connectivity index (χ1v) is 8.01. The topological polar surface area (TPSA) is 33.2 Å². The first kappa shape index (κ1) is 13.0. The van der Waals surface area contributed by atoms with Crippen LogP contribution in [0.5, 0.6) is 0 Å². The third-order valence-corrected chi connectivity index (χ3v) is 5.30. The van der Waals surface area contributed by atoms with E-state index in [2.05, 4.69) is 4.98 Å². The number of carbonyl (C=O) groups is 1. The van der Waals surface area contributed by atoms with Gasteiger partial charge in [-0.1, -0.05) is 29.8 Å². The van der Waals surface area contributed by atoms with Crippen molar-refractivity contribution >= 4 is 45.7 Å². The highest BCUT2D eigenvalue weighted by atomic mass is 35.5. The second-order valence-electron chi connectivity index (χ2n) is 4.20. The minimum atomic E-state index is -0.0771. The van der Waals surface area contributed by atoms with Crippen LogP contribution in [0.25, 0.3) is 0 Å². The van der Waals surface area contributed by atoms with E-state index in [1.807, 2.05) is 31.2 Å². The van der Waals surface area contributed by atoms with Crippen LogP contribution in [0, 0.1) is 6.92 Å². The lowest BCUT2D eigenvalue weighted by atomic mass is 10.2. The van der Waals surface area contributed by atoms with Gasteiger partial charge < -0.3 is 0 Å². The maximum absolute atomic E-state index is 12.1. The molecule has 2 heterocycles. The fourth-order valence-electron chi connectivity index (χ4n) is 1.99. The lowest BCUT2D eigenvalue weighted by molar-refractivity contribution is -0.115. The maximum atomic E-state index is 12.1. The fraction of sp³-hybridized carbons (Fsp3) is 0.231. The Bertz CT molecular complexity index is 629. The number of nitrogens with zero attached hydrogens (tertiary/aromatic N) is 2. The summed E-state index contributed by atoms with van der Waals surface area (Å²) in [5, 5.41) is 1.36. The lowest BCUT2D eigenvalue weighted by Gasteiger charge is -2.22. The van der Waals surface area contributed by atoms with E-state index in [1.165, 1.54) is 11.3 Å². The van der Waals surface area contributed by atoms with Crippen molar-refractivity contribution in [1.29, 1.82) is 0 Å². The number of amides is 1. The first-order valence-electron chi connectivity index (χ1n) is 5.77. The monoisotopic (exact) mass is 310 g/mol. The van der Waals surface area contributed by atoms with Crippen LogP contribution in [-0.2, 0) is 4.79 Å². The van der Waals surface area contributed by atoms with Gasteiger partial charge in [-0.2, -0.15) is 0 Å². The molecule has 0 radical (unpaired) electrons. The summed E-state index contributed by atoms with van der Waals surface area (Å²) in [6, 6.07) is 7.65. The van der Waals surface area contributed by atoms with Crippen molar-refractivity contribution in [1.82, 2.24) is 4.98 Å². The number of hydrogen-bond donors (Lipinski definition) is 0. The molecule has 2 aromatic rings. The number of carbonyl (C=O) groups excluding carboxylic acids is 1. The number of halogens is 1. The van der Waals surface area contributed by atoms with Gasteiger partial charge in [0.1, 0.15) is 5.37 Å². The van der Waals surface area contributed by atoms with Crippen LogP contribution < -0.4 is 4.90 Å². The summed E-state index contributed by atoms with van der Waals surface area (Å²) in [4.78, 5) is 19.3. The summed E-state index contributed by atoms with van der Waals surface area (Å²) in [7, 11) is 0. The van der Waals surface area contributed by atoms with Crippen LogP contribution in [0.1, 0.15) is 15.8 Å². The van der Waals surface area contributed by atoms with E-state index in [1.54, 1.807) is 22.9 Å². The van der Waals surface area contributed by atoms with Gasteiger partial charge in [0.25, 0.3) is 0 Å². The molecule has 6 heteroatoms. The van der Waals surface area contributed by atoms with E-state index in [0.29, 0.717) is 10.8 Å². The Balaban J connectivity index is 2.02. The Labute approximate surface area is 124 Å². The zero-order valence-corrected chi connectivity index (χ0v) is 12.6. The number of rotatable bonds is 2. The van der Waals surface area contributed by atoms with Crippen molar-refractivity contribution in [2.24, 2.45) is 0 Å². The van der Waals surface area contributed by atoms with Gasteiger partial charge in [0.05, 0.1) is 5.75 Å². The van der Waals surface area contributed by atoms with E-state index in [9.17, 15) is 4.79 Å². The van der Waals surface area contributed by atoms with Gasteiger partial charge in [-0.3, -0.25) is 9.69 Å². The van der Waals surface area contributed by atoms with E-state index < -0.39 is 0 Å². The highest BCUT2D eigenvalue weighted by molar-refractivity contribution is 8.00. The Hall–Kier alpha value is -1.04. The molecular formula is C13H11ClN2OS2. The average Bonchev–Trinajstić information content (AvgIpc) is 2.96. The number of thiazole rings is 1. The molecule has 1 aliphatic rings. The van der Waals surface area contributed by atoms with Crippen molar-refractivity contribution in [3.63, 3.8) is 0 Å². The molecule has 0 N–H and O–H groups in total. The Morgan fingerprint density at radius 3 is 2.89 bits per heavy atom. The standard InChI is InChI=1S/C13H11ClN2OS2/c1-8-6-15-13(19-8)16-11(17)7-18-12(16)9-4-2-3-5-10(9)14/h2-6,12H,7H2,1H3. The van der Waals surface area contributed by atoms with Crippen LogP contribution in [0.15, 0.2) is 30.5 Å². The summed E-state index contributed by atoms with van der Waals surface area (Å²) in [6.07, 6.45) is 1.79. The number of anilines is 1. The van der Waals surface area contributed by atoms with E-state index >= 15 is 0 Å². The molecule has 19 heavy (non-hydrogen) atoms. The smallest absolute Gasteiger partial charge is 0.240 e. The molecule has 98 valence electrons. The maximum Gasteiger partial charge on any atom is 0.240 e. The molecule has 1 atom stereocenters. The summed E-state index contributed by atoms with van der Waals surface area (Å²) in [5.74, 6) is 0.554. The predicted molar refractivity (Wildman–Crippen MR) is 81.0 cm³/mol. The van der Waals surface area contributed by atoms with E-state index in [4.69, 9.17) is 11.6 Å². The molecule has 0 saturated carbocycles. The Kier molecular flexibility index (Phi) is 3.52. The first-order chi connectivity index (χ1) is 9.16. The molecule has 3 nitrogen and oxygen atoms in total. The van der Waals surface area contributed by atoms with Crippen molar-refractivity contribution in [3.05, 3.63) is 45.9 Å². The minimum absolute atomic E-state index is 0.0771. The molecule has 0 bridgehead atoms. The normalized spacial score (nSPS) is 19.2. The van der Waals surface area contributed by atoms with Gasteiger partial charge >= 0.3 is 0 Å². The van der Waals surface area contributed by atoms with Gasteiger partial charge in [-0.25, -0.2) is 4.98 Å². The van der Waals surface area contributed by atoms with E-state index in [-0.39, 0.29) is 11.3 Å². The molecule has 1 fully saturated rings. The largest absolute Gasteiger partial charge is 0.273 e. The third kappa shape index (κ3) is 2.38. The minimum Gasteiger partial charge on any atom is -0.273 e. The number of aromatic nitrogens is 1. The molecule has 0 spiro atoms. The van der Waals surface area contributed by atoms with Crippen molar-refractivity contribution < 1.29 is 4.79 Å². The number of benzene rings is 1. The van der Waals surface area contributed by atoms with E-state index in [0.717, 1.165) is 15.6 Å². The molecular weight excluding hydrogens is 300 g/mol. The third-order valence-electron chi connectivity index (χ3n) is 2.85. The average molecular weight is 311 g/mol. The SMILES string of the molecule is Cc1cnc(N2C(=O)CSC2c2ccccc2Cl)s1. The molecule has 1 aliphatic heterocycles. The molecule has 3 rings (SSSR count). The summed E-state index contributed by atoms with van der Waals surface area (Å²) in [5.41, 5.74) is 0.966. The van der Waals surface area contributed by atoms with Crippen LogP contribution in [-0.4, -0.2) is 16.6 Å². The van der Waals surface area contributed by atoms with Crippen LogP contribution in [0.2, 0.25) is 5.02 Å². The Morgan fingerprint density at radius 1 is 1.42 bits per heavy atom. The molecule has 1 amide bonds. The second kappa shape index (κ2) is 5.15. The van der Waals surface area contributed by atoms with Gasteiger partial charge in [-0.05, 0) is 13.0 Å². The van der Waals surface area contributed by atoms with Crippen LogP contribution >= 0.6 is 34.7 Å². The van der Waals surface area contributed by atoms with Crippen LogP contribution in [0.4, 0.5) is 5.13 Å². The molecule has 1 aromatic carbocycles. The van der Waals surface area contributed by atoms with Crippen molar-refractivity contribution in [2.75, 3.05) is 10.7 Å². The number of hydrogen-bond acceptors (Lipinski definition) is 4. The quantitative estimate of drug-likeness (QED) is 0.844. The summed E-state index contributed by atoms with van der Waals surface area (Å²) >= 11 is 9.36. The lowest BCUT2D eigenvalue weighted by Crippen LogP contribution is -2.27. The fourth-order valence-corrected chi connectivity index (χ4v) is 4.36. The second-order valence-corrected chi connectivity index (χ2v) is 6.89. The molecule has 1 saturated heterocycles. The highest BCUT2D eigenvalue weighted by Gasteiger charge is 2.36. The van der Waals surface area contributed by atoms with Gasteiger partial charge in [0.2, 0.25) is 5.91 Å². The summed E-state index contributed by atoms with van der Waals surface area (Å²) in [6.45, 7) is 1.99. The zero-order chi connectivity index (χ0) is 13.4. The molecule has 1 unspecified atom stereocenters. The molecule has 0 aliphatic carbocycles. The number of thioether (sulfide) groups is 1. The summed E-state index contributed by atoms with van der Waals surface area (Å²) < 4.78 is 0. The predicted octanol–water partition coefficient (Wildman–Crippen LogP) is 3.88. The Morgan fingerprint density at radius 2 is 2.21 bits per heavy atom. The van der Waals surface area contributed by atoms with Gasteiger partial charge in [0.15, 0.2) is 5.13 Å².